The number of nitrogens with zero attached hydrogens (tertiary/aromatic N) is 1. The molecule has 118 valence electrons. The Kier molecular flexibility index (Phi) is 3.48. The second-order valence-corrected chi connectivity index (χ2v) is 6.10. The van der Waals surface area contributed by atoms with Gasteiger partial charge in [-0.15, -0.1) is 0 Å². The molecule has 0 spiro atoms. The van der Waals surface area contributed by atoms with Crippen molar-refractivity contribution in [3.63, 3.8) is 0 Å². The summed E-state index contributed by atoms with van der Waals surface area (Å²) < 4.78 is 6.90. The fourth-order valence-electron chi connectivity index (χ4n) is 3.42. The molecule has 4 heteroatoms. The molecule has 0 N–H and O–H groups in total. The van der Waals surface area contributed by atoms with Crippen LogP contribution in [0.15, 0.2) is 41.0 Å². The highest BCUT2D eigenvalue weighted by molar-refractivity contribution is 6.22. The number of hydrogen-bond acceptors (Lipinski definition) is 3. The van der Waals surface area contributed by atoms with Crippen molar-refractivity contribution in [2.45, 2.75) is 27.7 Å². The zero-order valence-electron chi connectivity index (χ0n) is 14.0. The van der Waals surface area contributed by atoms with Gasteiger partial charge in [0.15, 0.2) is 0 Å². The number of aryl methyl sites for hydroxylation is 2. The van der Waals surface area contributed by atoms with E-state index in [1.807, 2.05) is 52.9 Å². The molecule has 1 saturated heterocycles. The first-order chi connectivity index (χ1) is 10.8. The molecule has 2 heterocycles. The maximum absolute atomic E-state index is 12.2. The van der Waals surface area contributed by atoms with Gasteiger partial charge in [0.2, 0.25) is 0 Å². The van der Waals surface area contributed by atoms with Crippen molar-refractivity contribution in [3.8, 4) is 0 Å². The summed E-state index contributed by atoms with van der Waals surface area (Å²) in [4.78, 5) is 24.2. The summed E-state index contributed by atoms with van der Waals surface area (Å²) in [6.45, 7) is 7.54. The van der Waals surface area contributed by atoms with E-state index in [1.54, 1.807) is 0 Å². The number of allylic oxidation sites excluding steroid dienone is 2. The number of esters is 2. The van der Waals surface area contributed by atoms with Gasteiger partial charge in [-0.3, -0.25) is 0 Å². The zero-order valence-corrected chi connectivity index (χ0v) is 14.0. The Morgan fingerprint density at radius 3 is 2.22 bits per heavy atom. The Hall–Kier alpha value is -2.62. The van der Waals surface area contributed by atoms with E-state index in [0.717, 1.165) is 33.3 Å². The van der Waals surface area contributed by atoms with Crippen molar-refractivity contribution in [1.29, 1.82) is 0 Å². The molecule has 23 heavy (non-hydrogen) atoms. The number of ether oxygens (including phenoxy) is 1. The van der Waals surface area contributed by atoms with Crippen LogP contribution in [0.3, 0.4) is 0 Å². The SMILES string of the molecule is CC(C)=C1C(=O)OC(=O)/C1=C(\C)c1c(C)c2ccccc2n1C. The first-order valence-corrected chi connectivity index (χ1v) is 7.54. The highest BCUT2D eigenvalue weighted by Gasteiger charge is 2.36. The van der Waals surface area contributed by atoms with Crippen LogP contribution < -0.4 is 0 Å². The summed E-state index contributed by atoms with van der Waals surface area (Å²) in [7, 11) is 1.97. The summed E-state index contributed by atoms with van der Waals surface area (Å²) >= 11 is 0. The van der Waals surface area contributed by atoms with Gasteiger partial charge in [0.05, 0.1) is 11.1 Å². The lowest BCUT2D eigenvalue weighted by molar-refractivity contribution is -0.149. The van der Waals surface area contributed by atoms with Gasteiger partial charge in [0, 0.05) is 23.6 Å². The fourth-order valence-corrected chi connectivity index (χ4v) is 3.42. The van der Waals surface area contributed by atoms with Gasteiger partial charge in [-0.1, -0.05) is 23.8 Å². The maximum Gasteiger partial charge on any atom is 0.347 e. The molecule has 1 fully saturated rings. The average molecular weight is 309 g/mol. The minimum absolute atomic E-state index is 0.379. The standard InChI is InChI=1S/C19H19NO3/c1-10(2)15-16(19(22)23-18(15)21)12(4)17-11(3)13-8-6-7-9-14(13)20(17)5/h6-9H,1-5H3/b16-12+. The summed E-state index contributed by atoms with van der Waals surface area (Å²) in [5.74, 6) is -1.12. The topological polar surface area (TPSA) is 48.3 Å². The Balaban J connectivity index is 2.37. The molecular weight excluding hydrogens is 290 g/mol. The van der Waals surface area contributed by atoms with Gasteiger partial charge in [-0.2, -0.15) is 0 Å². The predicted molar refractivity (Wildman–Crippen MR) is 89.7 cm³/mol. The molecule has 1 aromatic carbocycles. The molecule has 0 amide bonds. The molecule has 0 bridgehead atoms. The van der Waals surface area contributed by atoms with Crippen LogP contribution in [0.1, 0.15) is 32.0 Å². The highest BCUT2D eigenvalue weighted by atomic mass is 16.6. The van der Waals surface area contributed by atoms with Crippen molar-refractivity contribution < 1.29 is 14.3 Å². The first kappa shape index (κ1) is 15.3. The Labute approximate surface area is 135 Å². The lowest BCUT2D eigenvalue weighted by Gasteiger charge is -2.09. The molecule has 0 atom stereocenters. The molecule has 2 aromatic rings. The normalized spacial score (nSPS) is 17.0. The summed E-state index contributed by atoms with van der Waals surface area (Å²) in [5, 5.41) is 1.14. The largest absolute Gasteiger partial charge is 0.386 e. The molecule has 0 saturated carbocycles. The number of aromatic nitrogens is 1. The maximum atomic E-state index is 12.2. The number of benzene rings is 1. The van der Waals surface area contributed by atoms with E-state index < -0.39 is 11.9 Å². The number of rotatable bonds is 1. The van der Waals surface area contributed by atoms with Gasteiger partial charge >= 0.3 is 11.9 Å². The Morgan fingerprint density at radius 2 is 1.61 bits per heavy atom. The van der Waals surface area contributed by atoms with Crippen molar-refractivity contribution in [1.82, 2.24) is 4.57 Å². The molecule has 0 aliphatic carbocycles. The number of hydrogen-bond donors (Lipinski definition) is 0. The third kappa shape index (κ3) is 2.13. The molecule has 0 unspecified atom stereocenters. The molecule has 4 nitrogen and oxygen atoms in total. The number of carbonyl (C=O) groups excluding carboxylic acids is 2. The monoisotopic (exact) mass is 309 g/mol. The van der Waals surface area contributed by atoms with Gasteiger partial charge < -0.3 is 9.30 Å². The third-order valence-corrected chi connectivity index (χ3v) is 4.43. The molecule has 0 radical (unpaired) electrons. The van der Waals surface area contributed by atoms with Gasteiger partial charge in [0.25, 0.3) is 0 Å². The van der Waals surface area contributed by atoms with Crippen LogP contribution in [0.5, 0.6) is 0 Å². The minimum Gasteiger partial charge on any atom is -0.386 e. The van der Waals surface area contributed by atoms with Crippen LogP contribution in [0.2, 0.25) is 0 Å². The number of para-hydroxylation sites is 1. The van der Waals surface area contributed by atoms with Crippen molar-refractivity contribution in [3.05, 3.63) is 52.2 Å². The summed E-state index contributed by atoms with van der Waals surface area (Å²) in [5.41, 5.74) is 5.46. The lowest BCUT2D eigenvalue weighted by atomic mass is 9.96. The molecule has 1 aliphatic heterocycles. The first-order valence-electron chi connectivity index (χ1n) is 7.54. The number of fused-ring (bicyclic) bond motifs is 1. The second kappa shape index (κ2) is 5.23. The highest BCUT2D eigenvalue weighted by Crippen LogP contribution is 2.36. The summed E-state index contributed by atoms with van der Waals surface area (Å²) in [6.07, 6.45) is 0. The van der Waals surface area contributed by atoms with E-state index in [4.69, 9.17) is 4.74 Å². The van der Waals surface area contributed by atoms with Crippen LogP contribution in [0, 0.1) is 6.92 Å². The Morgan fingerprint density at radius 1 is 1.00 bits per heavy atom. The van der Waals surface area contributed by atoms with E-state index in [0.29, 0.717) is 11.1 Å². The second-order valence-electron chi connectivity index (χ2n) is 6.10. The van der Waals surface area contributed by atoms with E-state index >= 15 is 0 Å². The van der Waals surface area contributed by atoms with Gasteiger partial charge in [-0.25, -0.2) is 9.59 Å². The van der Waals surface area contributed by atoms with Crippen LogP contribution in [0.25, 0.3) is 16.5 Å². The van der Waals surface area contributed by atoms with Crippen LogP contribution >= 0.6 is 0 Å². The molecular formula is C19H19NO3. The van der Waals surface area contributed by atoms with Crippen LogP contribution in [0.4, 0.5) is 0 Å². The van der Waals surface area contributed by atoms with E-state index in [-0.39, 0.29) is 0 Å². The van der Waals surface area contributed by atoms with E-state index in [1.165, 1.54) is 0 Å². The van der Waals surface area contributed by atoms with Gasteiger partial charge in [0.1, 0.15) is 0 Å². The molecule has 3 rings (SSSR count). The number of cyclic esters (lactones) is 2. The lowest BCUT2D eigenvalue weighted by Crippen LogP contribution is -2.03. The quantitative estimate of drug-likeness (QED) is 0.459. The predicted octanol–water partition coefficient (Wildman–Crippen LogP) is 3.68. The fraction of sp³-hybridized carbons (Fsp3) is 0.263. The van der Waals surface area contributed by atoms with Crippen LogP contribution in [-0.4, -0.2) is 16.5 Å². The molecule has 1 aliphatic rings. The zero-order chi connectivity index (χ0) is 16.9. The molecule has 1 aromatic heterocycles. The van der Waals surface area contributed by atoms with Crippen molar-refractivity contribution in [2.75, 3.05) is 0 Å². The smallest absolute Gasteiger partial charge is 0.347 e. The average Bonchev–Trinajstić information content (AvgIpc) is 2.93. The van der Waals surface area contributed by atoms with Crippen molar-refractivity contribution in [2.24, 2.45) is 7.05 Å². The minimum atomic E-state index is -0.562. The summed E-state index contributed by atoms with van der Waals surface area (Å²) in [6, 6.07) is 8.09. The third-order valence-electron chi connectivity index (χ3n) is 4.43. The Bertz CT molecular complexity index is 882. The van der Waals surface area contributed by atoms with E-state index in [9.17, 15) is 9.59 Å². The van der Waals surface area contributed by atoms with Crippen molar-refractivity contribution >= 4 is 28.4 Å². The van der Waals surface area contributed by atoms with E-state index in [2.05, 4.69) is 10.6 Å². The number of carbonyl (C=O) groups is 2. The van der Waals surface area contributed by atoms with Gasteiger partial charge in [-0.05, 0) is 44.9 Å². The van der Waals surface area contributed by atoms with Crippen LogP contribution in [-0.2, 0) is 21.4 Å².